The number of rotatable bonds is 7. The number of anilines is 2. The summed E-state index contributed by atoms with van der Waals surface area (Å²) < 4.78 is 0. The third kappa shape index (κ3) is 5.81. The van der Waals surface area contributed by atoms with Crippen LogP contribution in [0.2, 0.25) is 0 Å². The van der Waals surface area contributed by atoms with Gasteiger partial charge >= 0.3 is 0 Å². The molecular weight excluding hydrogens is 316 g/mol. The summed E-state index contributed by atoms with van der Waals surface area (Å²) in [7, 11) is 0. The molecule has 0 amide bonds. The van der Waals surface area contributed by atoms with E-state index < -0.39 is 0 Å². The number of aryl methyl sites for hydroxylation is 2. The summed E-state index contributed by atoms with van der Waals surface area (Å²) in [6, 6.07) is 12.6. The monoisotopic (exact) mass is 342 g/mol. The molecule has 1 heterocycles. The molecule has 0 radical (unpaired) electrons. The molecule has 5 heteroatoms. The summed E-state index contributed by atoms with van der Waals surface area (Å²) in [4.78, 5) is 6.66. The normalized spacial score (nSPS) is 10.3. The Labute approximate surface area is 150 Å². The van der Waals surface area contributed by atoms with Crippen molar-refractivity contribution in [3.05, 3.63) is 53.7 Å². The van der Waals surface area contributed by atoms with Crippen LogP contribution in [0.5, 0.6) is 0 Å². The first-order valence-corrected chi connectivity index (χ1v) is 8.78. The predicted octanol–water partition coefficient (Wildman–Crippen LogP) is 3.90. The highest BCUT2D eigenvalue weighted by Crippen LogP contribution is 2.14. The first kappa shape index (κ1) is 18.2. The third-order valence-electron chi connectivity index (χ3n) is 3.82. The van der Waals surface area contributed by atoms with Gasteiger partial charge in [-0.2, -0.15) is 0 Å². The molecule has 128 valence electrons. The summed E-state index contributed by atoms with van der Waals surface area (Å²) in [5.41, 5.74) is 3.69. The molecule has 0 spiro atoms. The summed E-state index contributed by atoms with van der Waals surface area (Å²) >= 11 is 5.31. The van der Waals surface area contributed by atoms with Crippen molar-refractivity contribution >= 4 is 28.8 Å². The second kappa shape index (κ2) is 9.23. The van der Waals surface area contributed by atoms with Crippen molar-refractivity contribution < 1.29 is 0 Å². The van der Waals surface area contributed by atoms with Crippen LogP contribution in [0, 0.1) is 13.8 Å². The van der Waals surface area contributed by atoms with Crippen LogP contribution in [0.15, 0.2) is 42.6 Å². The van der Waals surface area contributed by atoms with Gasteiger partial charge in [0.15, 0.2) is 5.11 Å². The van der Waals surface area contributed by atoms with Crippen LogP contribution >= 0.6 is 12.2 Å². The number of nitrogens with one attached hydrogen (secondary N) is 2. The van der Waals surface area contributed by atoms with Gasteiger partial charge in [-0.15, -0.1) is 0 Å². The highest BCUT2D eigenvalue weighted by Gasteiger charge is 2.04. The van der Waals surface area contributed by atoms with Crippen LogP contribution in [0.1, 0.15) is 24.5 Å². The van der Waals surface area contributed by atoms with E-state index in [9.17, 15) is 0 Å². The number of nitrogens with zero attached hydrogens (tertiary/aromatic N) is 2. The van der Waals surface area contributed by atoms with E-state index in [1.54, 1.807) is 0 Å². The minimum Gasteiger partial charge on any atom is -0.372 e. The zero-order valence-corrected chi connectivity index (χ0v) is 15.5. The number of hydrogen-bond donors (Lipinski definition) is 2. The maximum absolute atomic E-state index is 5.31. The Morgan fingerprint density at radius 3 is 2.42 bits per heavy atom. The molecule has 1 aromatic heterocycles. The molecule has 0 saturated carbocycles. The van der Waals surface area contributed by atoms with E-state index in [2.05, 4.69) is 58.6 Å². The lowest BCUT2D eigenvalue weighted by atomic mass is 10.2. The molecular formula is C19H26N4S. The fraction of sp³-hybridized carbons (Fsp3) is 0.368. The topological polar surface area (TPSA) is 40.2 Å². The van der Waals surface area contributed by atoms with E-state index in [0.717, 1.165) is 37.4 Å². The van der Waals surface area contributed by atoms with Crippen LogP contribution in [-0.4, -0.2) is 29.7 Å². The van der Waals surface area contributed by atoms with E-state index in [-0.39, 0.29) is 0 Å². The van der Waals surface area contributed by atoms with Gasteiger partial charge in [-0.3, -0.25) is 0 Å². The highest BCUT2D eigenvalue weighted by atomic mass is 32.1. The number of hydrogen-bond acceptors (Lipinski definition) is 3. The van der Waals surface area contributed by atoms with E-state index in [1.165, 1.54) is 11.3 Å². The van der Waals surface area contributed by atoms with Crippen molar-refractivity contribution in [2.75, 3.05) is 29.9 Å². The lowest BCUT2D eigenvalue weighted by Crippen LogP contribution is -2.32. The van der Waals surface area contributed by atoms with E-state index in [0.29, 0.717) is 5.11 Å². The Bertz CT molecular complexity index is 637. The standard InChI is InChI=1S/C19H26N4S/c1-4-23(17-9-6-15(2)7-10-17)13-5-12-20-19(24)22-18-11-8-16(3)14-21-18/h6-11,14H,4-5,12-13H2,1-3H3,(H2,20,21,22,24). The Balaban J connectivity index is 1.72. The maximum Gasteiger partial charge on any atom is 0.171 e. The smallest absolute Gasteiger partial charge is 0.171 e. The fourth-order valence-corrected chi connectivity index (χ4v) is 2.61. The minimum atomic E-state index is 0.615. The first-order valence-electron chi connectivity index (χ1n) is 8.37. The zero-order chi connectivity index (χ0) is 17.4. The summed E-state index contributed by atoms with van der Waals surface area (Å²) in [6.07, 6.45) is 2.84. The molecule has 2 rings (SSSR count). The van der Waals surface area contributed by atoms with Crippen molar-refractivity contribution in [1.82, 2.24) is 10.3 Å². The molecule has 2 aromatic rings. The third-order valence-corrected chi connectivity index (χ3v) is 4.07. The summed E-state index contributed by atoms with van der Waals surface area (Å²) in [5.74, 6) is 0.771. The number of pyridine rings is 1. The van der Waals surface area contributed by atoms with Crippen LogP contribution in [0.3, 0.4) is 0 Å². The molecule has 0 aliphatic carbocycles. The van der Waals surface area contributed by atoms with Crippen molar-refractivity contribution in [3.8, 4) is 0 Å². The van der Waals surface area contributed by atoms with Gasteiger partial charge in [-0.25, -0.2) is 4.98 Å². The van der Waals surface area contributed by atoms with Gasteiger partial charge < -0.3 is 15.5 Å². The average molecular weight is 343 g/mol. The van der Waals surface area contributed by atoms with Gasteiger partial charge in [-0.05, 0) is 63.2 Å². The molecule has 0 bridgehead atoms. The predicted molar refractivity (Wildman–Crippen MR) is 107 cm³/mol. The van der Waals surface area contributed by atoms with Crippen molar-refractivity contribution in [2.24, 2.45) is 0 Å². The van der Waals surface area contributed by atoms with Crippen LogP contribution in [-0.2, 0) is 0 Å². The quantitative estimate of drug-likeness (QED) is 0.590. The largest absolute Gasteiger partial charge is 0.372 e. The molecule has 0 aliphatic rings. The molecule has 4 nitrogen and oxygen atoms in total. The van der Waals surface area contributed by atoms with Crippen molar-refractivity contribution in [2.45, 2.75) is 27.2 Å². The van der Waals surface area contributed by atoms with Gasteiger partial charge in [0.1, 0.15) is 5.82 Å². The lowest BCUT2D eigenvalue weighted by molar-refractivity contribution is 0.726. The average Bonchev–Trinajstić information content (AvgIpc) is 2.58. The van der Waals surface area contributed by atoms with Crippen molar-refractivity contribution in [3.63, 3.8) is 0 Å². The highest BCUT2D eigenvalue weighted by molar-refractivity contribution is 7.80. The molecule has 1 aromatic carbocycles. The second-order valence-corrected chi connectivity index (χ2v) is 6.28. The Morgan fingerprint density at radius 2 is 1.79 bits per heavy atom. The number of aromatic nitrogens is 1. The van der Waals surface area contributed by atoms with Gasteiger partial charge in [0.2, 0.25) is 0 Å². The Kier molecular flexibility index (Phi) is 7.00. The van der Waals surface area contributed by atoms with Crippen LogP contribution < -0.4 is 15.5 Å². The Hall–Kier alpha value is -2.14. The maximum atomic E-state index is 5.31. The van der Waals surface area contributed by atoms with Gasteiger partial charge in [-0.1, -0.05) is 23.8 Å². The first-order chi connectivity index (χ1) is 11.6. The second-order valence-electron chi connectivity index (χ2n) is 5.87. The lowest BCUT2D eigenvalue weighted by Gasteiger charge is -2.23. The van der Waals surface area contributed by atoms with E-state index >= 15 is 0 Å². The van der Waals surface area contributed by atoms with E-state index in [1.807, 2.05) is 25.3 Å². The molecule has 0 atom stereocenters. The molecule has 0 saturated heterocycles. The molecule has 0 unspecified atom stereocenters. The fourth-order valence-electron chi connectivity index (χ4n) is 2.40. The van der Waals surface area contributed by atoms with Crippen LogP contribution in [0.25, 0.3) is 0 Å². The SMILES string of the molecule is CCN(CCCNC(=S)Nc1ccc(C)cn1)c1ccc(C)cc1. The van der Waals surface area contributed by atoms with Gasteiger partial charge in [0.05, 0.1) is 0 Å². The van der Waals surface area contributed by atoms with E-state index in [4.69, 9.17) is 12.2 Å². The molecule has 0 aliphatic heterocycles. The summed E-state index contributed by atoms with van der Waals surface area (Å²) in [5, 5.41) is 6.96. The molecule has 0 fully saturated rings. The minimum absolute atomic E-state index is 0.615. The Morgan fingerprint density at radius 1 is 1.08 bits per heavy atom. The van der Waals surface area contributed by atoms with Crippen LogP contribution in [0.4, 0.5) is 11.5 Å². The van der Waals surface area contributed by atoms with Crippen molar-refractivity contribution in [1.29, 1.82) is 0 Å². The zero-order valence-electron chi connectivity index (χ0n) is 14.7. The van der Waals surface area contributed by atoms with Gasteiger partial charge in [0.25, 0.3) is 0 Å². The summed E-state index contributed by atoms with van der Waals surface area (Å²) in [6.45, 7) is 9.14. The molecule has 2 N–H and O–H groups in total. The number of benzene rings is 1. The number of thiocarbonyl (C=S) groups is 1. The molecule has 24 heavy (non-hydrogen) atoms. The van der Waals surface area contributed by atoms with Gasteiger partial charge in [0, 0.05) is 31.5 Å².